The fourth-order valence-electron chi connectivity index (χ4n) is 4.60. The van der Waals surface area contributed by atoms with Crippen LogP contribution < -0.4 is 5.43 Å². The fraction of sp³-hybridized carbons (Fsp3) is 0.360. The summed E-state index contributed by atoms with van der Waals surface area (Å²) >= 11 is 1.51. The van der Waals surface area contributed by atoms with Gasteiger partial charge in [-0.3, -0.25) is 9.69 Å². The lowest BCUT2D eigenvalue weighted by Crippen LogP contribution is -2.33. The first-order chi connectivity index (χ1) is 15.0. The highest BCUT2D eigenvalue weighted by Crippen LogP contribution is 2.35. The SMILES string of the molecule is CCc1oc2c(CN3CCCC(C)C3)c(O)ccc2c(=O)c1-c1nc2ccccc2s1. The van der Waals surface area contributed by atoms with Crippen molar-refractivity contribution in [3.8, 4) is 16.3 Å². The molecule has 0 radical (unpaired) electrons. The molecule has 2 aromatic carbocycles. The van der Waals surface area contributed by atoms with Crippen LogP contribution in [-0.2, 0) is 13.0 Å². The van der Waals surface area contributed by atoms with E-state index in [1.165, 1.54) is 17.8 Å². The normalized spacial score (nSPS) is 17.5. The summed E-state index contributed by atoms with van der Waals surface area (Å²) in [6.07, 6.45) is 2.96. The van der Waals surface area contributed by atoms with E-state index in [9.17, 15) is 9.90 Å². The zero-order valence-corrected chi connectivity index (χ0v) is 18.7. The molecule has 1 unspecified atom stereocenters. The van der Waals surface area contributed by atoms with Gasteiger partial charge < -0.3 is 9.52 Å². The van der Waals surface area contributed by atoms with Crippen LogP contribution in [0.2, 0.25) is 0 Å². The Balaban J connectivity index is 1.67. The van der Waals surface area contributed by atoms with Gasteiger partial charge in [-0.2, -0.15) is 0 Å². The number of likely N-dealkylation sites (tertiary alicyclic amines) is 1. The molecule has 4 aromatic rings. The van der Waals surface area contributed by atoms with Crippen molar-refractivity contribution in [3.05, 3.63) is 57.9 Å². The van der Waals surface area contributed by atoms with Crippen LogP contribution in [0.1, 0.15) is 38.0 Å². The first-order valence-corrected chi connectivity index (χ1v) is 11.8. The van der Waals surface area contributed by atoms with Crippen molar-refractivity contribution in [3.63, 3.8) is 0 Å². The number of hydrogen-bond donors (Lipinski definition) is 1. The van der Waals surface area contributed by atoms with E-state index >= 15 is 0 Å². The molecule has 3 heterocycles. The molecule has 0 amide bonds. The number of aromatic hydroxyl groups is 1. The predicted octanol–water partition coefficient (Wildman–Crippen LogP) is 5.57. The maximum Gasteiger partial charge on any atom is 0.203 e. The third-order valence-corrected chi connectivity index (χ3v) is 7.22. The molecule has 1 fully saturated rings. The number of thiazole rings is 1. The average molecular weight is 435 g/mol. The second-order valence-corrected chi connectivity index (χ2v) is 9.52. The number of phenolic OH excluding ortho intramolecular Hbond substituents is 1. The van der Waals surface area contributed by atoms with E-state index in [0.717, 1.165) is 29.7 Å². The molecule has 0 aliphatic carbocycles. The molecule has 1 saturated heterocycles. The maximum absolute atomic E-state index is 13.6. The first kappa shape index (κ1) is 20.2. The van der Waals surface area contributed by atoms with Crippen molar-refractivity contribution >= 4 is 32.5 Å². The van der Waals surface area contributed by atoms with E-state index in [0.29, 0.717) is 51.7 Å². The van der Waals surface area contributed by atoms with Gasteiger partial charge in [0.2, 0.25) is 5.43 Å². The van der Waals surface area contributed by atoms with Crippen molar-refractivity contribution < 1.29 is 9.52 Å². The number of piperidine rings is 1. The summed E-state index contributed by atoms with van der Waals surface area (Å²) in [4.78, 5) is 20.6. The van der Waals surface area contributed by atoms with E-state index in [1.807, 2.05) is 31.2 Å². The van der Waals surface area contributed by atoms with Crippen molar-refractivity contribution in [2.75, 3.05) is 13.1 Å². The molecule has 5 rings (SSSR count). The highest BCUT2D eigenvalue weighted by molar-refractivity contribution is 7.21. The third-order valence-electron chi connectivity index (χ3n) is 6.16. The van der Waals surface area contributed by atoms with Gasteiger partial charge in [0, 0.05) is 19.5 Å². The number of aryl methyl sites for hydroxylation is 1. The van der Waals surface area contributed by atoms with Crippen LogP contribution in [0.25, 0.3) is 31.8 Å². The lowest BCUT2D eigenvalue weighted by Gasteiger charge is -2.31. The van der Waals surface area contributed by atoms with Gasteiger partial charge in [0.05, 0.1) is 26.7 Å². The zero-order valence-electron chi connectivity index (χ0n) is 17.9. The second-order valence-electron chi connectivity index (χ2n) is 8.49. The van der Waals surface area contributed by atoms with Crippen molar-refractivity contribution in [2.45, 2.75) is 39.7 Å². The van der Waals surface area contributed by atoms with Crippen LogP contribution in [0.15, 0.2) is 45.6 Å². The molecule has 0 saturated carbocycles. The molecule has 0 bridgehead atoms. The molecule has 31 heavy (non-hydrogen) atoms. The quantitative estimate of drug-likeness (QED) is 0.455. The number of para-hydroxylation sites is 1. The molecule has 0 spiro atoms. The maximum atomic E-state index is 13.6. The Morgan fingerprint density at radius 3 is 2.87 bits per heavy atom. The highest BCUT2D eigenvalue weighted by atomic mass is 32.1. The summed E-state index contributed by atoms with van der Waals surface area (Å²) in [7, 11) is 0. The van der Waals surface area contributed by atoms with E-state index in [-0.39, 0.29) is 11.2 Å². The minimum Gasteiger partial charge on any atom is -0.507 e. The second kappa shape index (κ2) is 8.09. The number of aromatic nitrogens is 1. The monoisotopic (exact) mass is 434 g/mol. The molecule has 2 aromatic heterocycles. The van der Waals surface area contributed by atoms with Gasteiger partial charge in [0.15, 0.2) is 0 Å². The number of nitrogens with zero attached hydrogens (tertiary/aromatic N) is 2. The van der Waals surface area contributed by atoms with E-state index in [1.54, 1.807) is 12.1 Å². The molecule has 1 atom stereocenters. The zero-order chi connectivity index (χ0) is 21.5. The van der Waals surface area contributed by atoms with Gasteiger partial charge in [0.25, 0.3) is 0 Å². The molecule has 1 aliphatic heterocycles. The standard InChI is InChI=1S/C25H26N2O3S/c1-3-20-22(25-26-18-8-4-5-9-21(18)31-25)23(29)16-10-11-19(28)17(24(16)30-20)14-27-12-6-7-15(2)13-27/h4-5,8-11,15,28H,3,6-7,12-14H2,1-2H3. The van der Waals surface area contributed by atoms with Gasteiger partial charge >= 0.3 is 0 Å². The molecular weight excluding hydrogens is 408 g/mol. The largest absolute Gasteiger partial charge is 0.507 e. The summed E-state index contributed by atoms with van der Waals surface area (Å²) < 4.78 is 7.38. The topological polar surface area (TPSA) is 66.6 Å². The van der Waals surface area contributed by atoms with Crippen LogP contribution in [0.5, 0.6) is 5.75 Å². The lowest BCUT2D eigenvalue weighted by atomic mass is 9.99. The van der Waals surface area contributed by atoms with Gasteiger partial charge in [-0.1, -0.05) is 26.0 Å². The van der Waals surface area contributed by atoms with Crippen molar-refractivity contribution in [2.24, 2.45) is 5.92 Å². The third kappa shape index (κ3) is 3.64. The molecule has 1 N–H and O–H groups in total. The number of fused-ring (bicyclic) bond motifs is 2. The summed E-state index contributed by atoms with van der Waals surface area (Å²) in [6, 6.07) is 11.2. The molecule has 1 aliphatic rings. The highest BCUT2D eigenvalue weighted by Gasteiger charge is 2.24. The minimum atomic E-state index is -0.0783. The van der Waals surface area contributed by atoms with Gasteiger partial charge in [-0.15, -0.1) is 11.3 Å². The van der Waals surface area contributed by atoms with E-state index < -0.39 is 0 Å². The Morgan fingerprint density at radius 2 is 2.10 bits per heavy atom. The van der Waals surface area contributed by atoms with Crippen LogP contribution in [0.4, 0.5) is 0 Å². The molecule has 5 nitrogen and oxygen atoms in total. The summed E-state index contributed by atoms with van der Waals surface area (Å²) in [5.74, 6) is 1.44. The van der Waals surface area contributed by atoms with Crippen molar-refractivity contribution in [1.29, 1.82) is 0 Å². The Labute approximate surface area is 185 Å². The number of rotatable bonds is 4. The van der Waals surface area contributed by atoms with Gasteiger partial charge in [0.1, 0.15) is 22.1 Å². The Morgan fingerprint density at radius 1 is 1.26 bits per heavy atom. The smallest absolute Gasteiger partial charge is 0.203 e. The fourth-order valence-corrected chi connectivity index (χ4v) is 5.63. The number of benzene rings is 2. The van der Waals surface area contributed by atoms with E-state index in [4.69, 9.17) is 9.40 Å². The Kier molecular flexibility index (Phi) is 5.28. The number of hydrogen-bond acceptors (Lipinski definition) is 6. The summed E-state index contributed by atoms with van der Waals surface area (Å²) in [6.45, 7) is 6.81. The number of phenols is 1. The predicted molar refractivity (Wildman–Crippen MR) is 126 cm³/mol. The average Bonchev–Trinajstić information content (AvgIpc) is 3.19. The van der Waals surface area contributed by atoms with Gasteiger partial charge in [-0.25, -0.2) is 4.98 Å². The van der Waals surface area contributed by atoms with Crippen LogP contribution in [0, 0.1) is 5.92 Å². The Bertz CT molecular complexity index is 1290. The molecule has 6 heteroatoms. The molecule has 160 valence electrons. The summed E-state index contributed by atoms with van der Waals surface area (Å²) in [5.41, 5.74) is 2.55. The van der Waals surface area contributed by atoms with E-state index in [2.05, 4.69) is 11.8 Å². The van der Waals surface area contributed by atoms with Crippen molar-refractivity contribution in [1.82, 2.24) is 9.88 Å². The van der Waals surface area contributed by atoms with Crippen LogP contribution in [-0.4, -0.2) is 28.1 Å². The lowest BCUT2D eigenvalue weighted by molar-refractivity contribution is 0.175. The van der Waals surface area contributed by atoms with Crippen LogP contribution in [0.3, 0.4) is 0 Å². The summed E-state index contributed by atoms with van der Waals surface area (Å²) in [5, 5.41) is 11.8. The van der Waals surface area contributed by atoms with Crippen LogP contribution >= 0.6 is 11.3 Å². The molecular formula is C25H26N2O3S. The minimum absolute atomic E-state index is 0.0783. The first-order valence-electron chi connectivity index (χ1n) is 10.9. The van der Waals surface area contributed by atoms with Gasteiger partial charge in [-0.05, 0) is 49.6 Å². The Hall–Kier alpha value is -2.70.